The van der Waals surface area contributed by atoms with Crippen molar-refractivity contribution in [2.45, 2.75) is 31.9 Å². The van der Waals surface area contributed by atoms with Crippen molar-refractivity contribution in [1.82, 2.24) is 29.9 Å². The average Bonchev–Trinajstić information content (AvgIpc) is 3.29. The van der Waals surface area contributed by atoms with Crippen molar-refractivity contribution >= 4 is 11.6 Å². The second-order valence-corrected chi connectivity index (χ2v) is 7.09. The number of likely N-dealkylation sites (tertiary alicyclic amines) is 1. The van der Waals surface area contributed by atoms with E-state index < -0.39 is 0 Å². The predicted molar refractivity (Wildman–Crippen MR) is 109 cm³/mol. The molecule has 2 atom stereocenters. The Hall–Kier alpha value is -3.69. The molecule has 1 amide bonds. The Morgan fingerprint density at radius 1 is 1.13 bits per heavy atom. The van der Waals surface area contributed by atoms with Gasteiger partial charge in [0.05, 0.1) is 31.6 Å². The Labute approximate surface area is 173 Å². The van der Waals surface area contributed by atoms with Gasteiger partial charge in [-0.15, -0.1) is 4.80 Å². The van der Waals surface area contributed by atoms with Crippen molar-refractivity contribution in [2.24, 2.45) is 0 Å². The highest BCUT2D eigenvalue weighted by molar-refractivity contribution is 5.97. The number of carbonyl (C=O) groups is 1. The molecule has 2 N–H and O–H groups in total. The molecule has 0 radical (unpaired) electrons. The van der Waals surface area contributed by atoms with Crippen LogP contribution in [0.5, 0.6) is 11.8 Å². The van der Waals surface area contributed by atoms with E-state index in [2.05, 4.69) is 20.2 Å². The second-order valence-electron chi connectivity index (χ2n) is 7.09. The van der Waals surface area contributed by atoms with Crippen LogP contribution in [0.15, 0.2) is 42.9 Å². The van der Waals surface area contributed by atoms with Gasteiger partial charge in [-0.3, -0.25) is 4.79 Å². The lowest BCUT2D eigenvalue weighted by Gasteiger charge is -2.38. The number of nitrogen functional groups attached to an aromatic ring is 1. The molecule has 4 rings (SSSR count). The maximum Gasteiger partial charge on any atom is 0.258 e. The molecular weight excluding hydrogens is 386 g/mol. The number of anilines is 1. The Balaban J connectivity index is 1.59. The standard InChI is InChI=1S/C20H23N7O3/c1-13-3-4-15(30-18-11-14(21)7-8-22-18)12-26(13)20(28)16-5-6-17(29-2)25-19(16)27-23-9-10-24-27/h5-11,13,15H,3-4,12H2,1-2H3,(H2,21,22)/t13-,15-/m1/s1. The molecule has 0 saturated carbocycles. The quantitative estimate of drug-likeness (QED) is 0.676. The van der Waals surface area contributed by atoms with Gasteiger partial charge in [0.1, 0.15) is 6.10 Å². The zero-order valence-corrected chi connectivity index (χ0v) is 16.8. The van der Waals surface area contributed by atoms with Gasteiger partial charge in [-0.25, -0.2) is 4.98 Å². The molecule has 1 fully saturated rings. The number of nitrogens with two attached hydrogens (primary N) is 1. The van der Waals surface area contributed by atoms with Crippen molar-refractivity contribution in [1.29, 1.82) is 0 Å². The zero-order chi connectivity index (χ0) is 21.1. The lowest BCUT2D eigenvalue weighted by Crippen LogP contribution is -2.49. The Morgan fingerprint density at radius 3 is 2.67 bits per heavy atom. The highest BCUT2D eigenvalue weighted by Gasteiger charge is 2.32. The topological polar surface area (TPSA) is 121 Å². The molecule has 0 spiro atoms. The van der Waals surface area contributed by atoms with Gasteiger partial charge in [0.2, 0.25) is 11.8 Å². The second kappa shape index (κ2) is 8.36. The summed E-state index contributed by atoms with van der Waals surface area (Å²) in [6.07, 6.45) is 6.10. The van der Waals surface area contributed by atoms with Crippen LogP contribution in [0, 0.1) is 0 Å². The van der Waals surface area contributed by atoms with Gasteiger partial charge in [-0.1, -0.05) is 0 Å². The molecule has 3 aromatic rings. The minimum atomic E-state index is -0.183. The first kappa shape index (κ1) is 19.6. The highest BCUT2D eigenvalue weighted by atomic mass is 16.5. The number of ether oxygens (including phenoxy) is 2. The molecule has 0 aromatic carbocycles. The van der Waals surface area contributed by atoms with E-state index in [4.69, 9.17) is 15.2 Å². The zero-order valence-electron chi connectivity index (χ0n) is 16.8. The summed E-state index contributed by atoms with van der Waals surface area (Å²) in [6.45, 7) is 2.45. The van der Waals surface area contributed by atoms with Crippen molar-refractivity contribution in [3.05, 3.63) is 48.4 Å². The van der Waals surface area contributed by atoms with E-state index in [1.165, 1.54) is 24.3 Å². The van der Waals surface area contributed by atoms with Gasteiger partial charge in [-0.05, 0) is 31.9 Å². The van der Waals surface area contributed by atoms with Crippen molar-refractivity contribution in [2.75, 3.05) is 19.4 Å². The molecule has 1 saturated heterocycles. The van der Waals surface area contributed by atoms with E-state index in [1.807, 2.05) is 6.92 Å². The minimum absolute atomic E-state index is 0.0479. The Morgan fingerprint density at radius 2 is 1.93 bits per heavy atom. The molecule has 0 bridgehead atoms. The number of hydrogen-bond acceptors (Lipinski definition) is 8. The molecule has 0 aliphatic carbocycles. The summed E-state index contributed by atoms with van der Waals surface area (Å²) in [7, 11) is 1.52. The number of methoxy groups -OCH3 is 1. The number of carbonyl (C=O) groups excluding carboxylic acids is 1. The van der Waals surface area contributed by atoms with E-state index in [1.54, 1.807) is 35.4 Å². The maximum absolute atomic E-state index is 13.5. The Kier molecular flexibility index (Phi) is 5.46. The third-order valence-corrected chi connectivity index (χ3v) is 5.04. The van der Waals surface area contributed by atoms with Gasteiger partial charge in [0.15, 0.2) is 5.82 Å². The fourth-order valence-corrected chi connectivity index (χ4v) is 3.46. The molecule has 1 aliphatic rings. The third-order valence-electron chi connectivity index (χ3n) is 5.04. The summed E-state index contributed by atoms with van der Waals surface area (Å²) in [4.78, 5) is 25.1. The number of aromatic nitrogens is 5. The highest BCUT2D eigenvalue weighted by Crippen LogP contribution is 2.25. The van der Waals surface area contributed by atoms with Crippen molar-refractivity contribution in [3.63, 3.8) is 0 Å². The van der Waals surface area contributed by atoms with Crippen LogP contribution in [0.1, 0.15) is 30.1 Å². The van der Waals surface area contributed by atoms with Crippen molar-refractivity contribution in [3.8, 4) is 17.6 Å². The molecule has 10 nitrogen and oxygen atoms in total. The van der Waals surface area contributed by atoms with Crippen LogP contribution in [0.25, 0.3) is 5.82 Å². The number of rotatable bonds is 5. The van der Waals surface area contributed by atoms with Crippen LogP contribution < -0.4 is 15.2 Å². The summed E-state index contributed by atoms with van der Waals surface area (Å²) in [5.74, 6) is 0.977. The lowest BCUT2D eigenvalue weighted by molar-refractivity contribution is 0.0372. The van der Waals surface area contributed by atoms with Gasteiger partial charge in [-0.2, -0.15) is 15.2 Å². The molecule has 0 unspecified atom stereocenters. The first-order valence-electron chi connectivity index (χ1n) is 9.66. The maximum atomic E-state index is 13.5. The molecule has 4 heterocycles. The third kappa shape index (κ3) is 4.02. The van der Waals surface area contributed by atoms with E-state index in [-0.39, 0.29) is 18.1 Å². The molecule has 1 aliphatic heterocycles. The molecule has 156 valence electrons. The van der Waals surface area contributed by atoms with Gasteiger partial charge in [0.25, 0.3) is 5.91 Å². The number of nitrogens with zero attached hydrogens (tertiary/aromatic N) is 6. The van der Waals surface area contributed by atoms with E-state index in [9.17, 15) is 4.79 Å². The van der Waals surface area contributed by atoms with Gasteiger partial charge >= 0.3 is 0 Å². The van der Waals surface area contributed by atoms with Crippen molar-refractivity contribution < 1.29 is 14.3 Å². The lowest BCUT2D eigenvalue weighted by atomic mass is 10.00. The summed E-state index contributed by atoms with van der Waals surface area (Å²) in [6, 6.07) is 6.77. The molecule has 30 heavy (non-hydrogen) atoms. The summed E-state index contributed by atoms with van der Waals surface area (Å²) >= 11 is 0. The summed E-state index contributed by atoms with van der Waals surface area (Å²) < 4.78 is 11.2. The summed E-state index contributed by atoms with van der Waals surface area (Å²) in [5, 5.41) is 8.24. The summed E-state index contributed by atoms with van der Waals surface area (Å²) in [5.41, 5.74) is 6.78. The van der Waals surface area contributed by atoms with Crippen LogP contribution in [0.4, 0.5) is 5.69 Å². The van der Waals surface area contributed by atoms with Crippen LogP contribution in [0.2, 0.25) is 0 Å². The fourth-order valence-electron chi connectivity index (χ4n) is 3.46. The molecular formula is C20H23N7O3. The number of piperidine rings is 1. The largest absolute Gasteiger partial charge is 0.481 e. The van der Waals surface area contributed by atoms with E-state index in [0.29, 0.717) is 35.4 Å². The Bertz CT molecular complexity index is 1020. The van der Waals surface area contributed by atoms with Gasteiger partial charge in [0, 0.05) is 30.1 Å². The number of amides is 1. The average molecular weight is 409 g/mol. The van der Waals surface area contributed by atoms with Gasteiger partial charge < -0.3 is 20.1 Å². The first-order valence-corrected chi connectivity index (χ1v) is 9.66. The number of pyridine rings is 2. The molecule has 3 aromatic heterocycles. The van der Waals surface area contributed by atoms with E-state index in [0.717, 1.165) is 12.8 Å². The minimum Gasteiger partial charge on any atom is -0.481 e. The van der Waals surface area contributed by atoms with Crippen LogP contribution in [-0.2, 0) is 0 Å². The van der Waals surface area contributed by atoms with Crippen LogP contribution >= 0.6 is 0 Å². The smallest absolute Gasteiger partial charge is 0.258 e. The monoisotopic (exact) mass is 409 g/mol. The first-order chi connectivity index (χ1) is 14.5. The van der Waals surface area contributed by atoms with Crippen LogP contribution in [-0.4, -0.2) is 61.6 Å². The van der Waals surface area contributed by atoms with Crippen LogP contribution in [0.3, 0.4) is 0 Å². The fraction of sp³-hybridized carbons (Fsp3) is 0.350. The molecule has 10 heteroatoms. The number of hydrogen-bond donors (Lipinski definition) is 1. The van der Waals surface area contributed by atoms with E-state index >= 15 is 0 Å². The predicted octanol–water partition coefficient (Wildman–Crippen LogP) is 1.72. The normalized spacial score (nSPS) is 18.8. The SMILES string of the molecule is COc1ccc(C(=O)N2C[C@H](Oc3cc(N)ccn3)CC[C@H]2C)c(-n2nccn2)n1.